The minimum atomic E-state index is -1.63. The van der Waals surface area contributed by atoms with Gasteiger partial charge in [-0.15, -0.1) is 0 Å². The molecular weight excluding hydrogens is 887 g/mol. The Kier molecular flexibility index (Phi) is 50.2. The molecule has 2 atom stereocenters. The van der Waals surface area contributed by atoms with Gasteiger partial charge in [-0.25, -0.2) is 0 Å². The quantitative estimate of drug-likeness (QED) is 0.0195. The number of carbonyl (C=O) groups is 3. The monoisotopic (exact) mass is 994 g/mol. The van der Waals surface area contributed by atoms with Crippen LogP contribution in [0.3, 0.4) is 0 Å². The molecule has 0 fully saturated rings. The van der Waals surface area contributed by atoms with Crippen molar-refractivity contribution in [2.24, 2.45) is 0 Å². The molecule has 0 heterocycles. The van der Waals surface area contributed by atoms with Crippen LogP contribution in [0, 0.1) is 0 Å². The third-order valence-corrected chi connectivity index (χ3v) is 12.1. The molecule has 71 heavy (non-hydrogen) atoms. The van der Waals surface area contributed by atoms with Gasteiger partial charge in [0.25, 0.3) is 0 Å². The molecule has 408 valence electrons. The summed E-state index contributed by atoms with van der Waals surface area (Å²) in [6.45, 7) is 4.60. The van der Waals surface area contributed by atoms with Crippen molar-refractivity contribution in [2.45, 2.75) is 245 Å². The first kappa shape index (κ1) is 67.5. The van der Waals surface area contributed by atoms with Crippen molar-refractivity contribution < 1.29 is 42.9 Å². The van der Waals surface area contributed by atoms with Crippen LogP contribution >= 0.6 is 0 Å². The Morgan fingerprint density at radius 3 is 1.20 bits per heavy atom. The maximum atomic E-state index is 12.9. The molecule has 0 rings (SSSR count). The number of unbranched alkanes of at least 4 members (excludes halogenated alkanes) is 23. The zero-order valence-corrected chi connectivity index (χ0v) is 46.3. The van der Waals surface area contributed by atoms with Gasteiger partial charge in [0.1, 0.15) is 13.2 Å². The fraction of sp³-hybridized carbons (Fsp3) is 0.726. The van der Waals surface area contributed by atoms with Crippen LogP contribution in [0.25, 0.3) is 0 Å². The molecule has 0 bridgehead atoms. The van der Waals surface area contributed by atoms with Gasteiger partial charge in [0.2, 0.25) is 0 Å². The van der Waals surface area contributed by atoms with Crippen LogP contribution in [0.1, 0.15) is 232 Å². The smallest absolute Gasteiger partial charge is 0.306 e. The minimum Gasteiger partial charge on any atom is -0.545 e. The summed E-state index contributed by atoms with van der Waals surface area (Å²) in [4.78, 5) is 37.3. The van der Waals surface area contributed by atoms with Crippen LogP contribution in [0.5, 0.6) is 0 Å². The number of hydrogen-bond donors (Lipinski definition) is 0. The highest BCUT2D eigenvalue weighted by molar-refractivity contribution is 5.70. The molecule has 0 aromatic heterocycles. The third kappa shape index (κ3) is 54.1. The van der Waals surface area contributed by atoms with Gasteiger partial charge in [0, 0.05) is 12.8 Å². The highest BCUT2D eigenvalue weighted by Crippen LogP contribution is 2.16. The summed E-state index contributed by atoms with van der Waals surface area (Å²) in [7, 11) is 5.91. The molecule has 0 radical (unpaired) electrons. The van der Waals surface area contributed by atoms with E-state index in [1.165, 1.54) is 109 Å². The highest BCUT2D eigenvalue weighted by Gasteiger charge is 2.22. The third-order valence-electron chi connectivity index (χ3n) is 12.1. The number of carboxylic acid groups (broad SMARTS) is 1. The minimum absolute atomic E-state index is 0.142. The topological polar surface area (TPSA) is 111 Å². The van der Waals surface area contributed by atoms with Crippen LogP contribution in [0.15, 0.2) is 85.1 Å². The Hall–Kier alpha value is -3.53. The lowest BCUT2D eigenvalue weighted by Gasteiger charge is -2.26. The second-order valence-corrected chi connectivity index (χ2v) is 20.2. The Labute approximate surface area is 436 Å². The summed E-state index contributed by atoms with van der Waals surface area (Å²) in [5.41, 5.74) is 0. The van der Waals surface area contributed by atoms with E-state index < -0.39 is 24.3 Å². The first-order valence-corrected chi connectivity index (χ1v) is 28.7. The van der Waals surface area contributed by atoms with Crippen molar-refractivity contribution in [3.8, 4) is 0 Å². The summed E-state index contributed by atoms with van der Waals surface area (Å²) < 4.78 is 22.7. The molecule has 9 nitrogen and oxygen atoms in total. The molecular formula is C62H107NO8. The number of esters is 2. The van der Waals surface area contributed by atoms with Crippen molar-refractivity contribution in [3.05, 3.63) is 85.1 Å². The average molecular weight is 995 g/mol. The maximum Gasteiger partial charge on any atom is 0.306 e. The molecule has 0 spiro atoms. The first-order chi connectivity index (χ1) is 34.6. The van der Waals surface area contributed by atoms with Gasteiger partial charge < -0.3 is 33.3 Å². The number of rotatable bonds is 52. The van der Waals surface area contributed by atoms with Gasteiger partial charge in [-0.3, -0.25) is 9.59 Å². The van der Waals surface area contributed by atoms with Gasteiger partial charge >= 0.3 is 11.9 Å². The molecule has 0 amide bonds. The van der Waals surface area contributed by atoms with E-state index in [0.717, 1.165) is 89.9 Å². The van der Waals surface area contributed by atoms with Crippen molar-refractivity contribution >= 4 is 17.9 Å². The molecule has 0 aliphatic heterocycles. The van der Waals surface area contributed by atoms with E-state index in [-0.39, 0.29) is 38.6 Å². The summed E-state index contributed by atoms with van der Waals surface area (Å²) >= 11 is 0. The van der Waals surface area contributed by atoms with Crippen molar-refractivity contribution in [2.75, 3.05) is 47.5 Å². The number of aliphatic carboxylic acids is 1. The lowest BCUT2D eigenvalue weighted by molar-refractivity contribution is -0.870. The number of nitrogens with zero attached hydrogens (tertiary/aromatic N) is 1. The Bertz CT molecular complexity index is 1440. The zero-order chi connectivity index (χ0) is 52.0. The molecule has 0 aromatic carbocycles. The van der Waals surface area contributed by atoms with Crippen LogP contribution in [0.4, 0.5) is 0 Å². The number of carbonyl (C=O) groups excluding carboxylic acids is 3. The average Bonchev–Trinajstić information content (AvgIpc) is 3.34. The molecule has 0 saturated carbocycles. The first-order valence-electron chi connectivity index (χ1n) is 28.7. The molecule has 0 aliphatic rings. The predicted octanol–water partition coefficient (Wildman–Crippen LogP) is 15.5. The normalized spacial score (nSPS) is 13.4. The highest BCUT2D eigenvalue weighted by atomic mass is 16.7. The van der Waals surface area contributed by atoms with Crippen molar-refractivity contribution in [3.63, 3.8) is 0 Å². The van der Waals surface area contributed by atoms with Crippen molar-refractivity contribution in [1.29, 1.82) is 0 Å². The van der Waals surface area contributed by atoms with E-state index in [0.29, 0.717) is 17.4 Å². The van der Waals surface area contributed by atoms with Gasteiger partial charge in [-0.05, 0) is 89.9 Å². The summed E-state index contributed by atoms with van der Waals surface area (Å²) in [5.74, 6) is -2.30. The lowest BCUT2D eigenvalue weighted by atomic mass is 10.0. The van der Waals surface area contributed by atoms with E-state index in [1.54, 1.807) is 0 Å². The second kappa shape index (κ2) is 52.8. The number of allylic oxidation sites excluding steroid dienone is 14. The molecule has 0 N–H and O–H groups in total. The van der Waals surface area contributed by atoms with Crippen LogP contribution in [-0.4, -0.2) is 82.3 Å². The van der Waals surface area contributed by atoms with E-state index in [4.69, 9.17) is 18.9 Å². The van der Waals surface area contributed by atoms with E-state index in [1.807, 2.05) is 21.1 Å². The van der Waals surface area contributed by atoms with Gasteiger partial charge in [0.15, 0.2) is 12.4 Å². The van der Waals surface area contributed by atoms with Crippen LogP contribution in [0.2, 0.25) is 0 Å². The zero-order valence-electron chi connectivity index (χ0n) is 46.3. The largest absolute Gasteiger partial charge is 0.545 e. The second-order valence-electron chi connectivity index (χ2n) is 20.2. The fourth-order valence-corrected chi connectivity index (χ4v) is 7.71. The van der Waals surface area contributed by atoms with Crippen LogP contribution in [-0.2, 0) is 33.3 Å². The molecule has 0 aromatic rings. The van der Waals surface area contributed by atoms with Gasteiger partial charge in [-0.2, -0.15) is 0 Å². The van der Waals surface area contributed by atoms with Crippen molar-refractivity contribution in [1.82, 2.24) is 0 Å². The Balaban J connectivity index is 4.26. The Morgan fingerprint density at radius 1 is 0.437 bits per heavy atom. The standard InChI is InChI=1S/C62H107NO8/c1-6-8-10-12-14-16-18-20-22-24-26-27-28-29-30-31-32-33-35-37-39-41-43-45-47-49-51-53-60(65)71-58(57-70-62(61(66)67)68-55-54-63(3,4)5)56-69-59(64)52-50-48-46-44-42-40-38-36-34-25-23-21-19-17-15-13-11-9-7-2/h8,10,14-17,20-23,26-27,34,36,58,62H,6-7,9,11-13,18-19,24-25,28-33,35,37-57H2,1-5H3/b10-8-,16-14-,17-15-,22-20-,23-21-,27-26-,36-34-. The van der Waals surface area contributed by atoms with E-state index in [2.05, 4.69) is 98.9 Å². The number of hydrogen-bond acceptors (Lipinski definition) is 8. The van der Waals surface area contributed by atoms with E-state index in [9.17, 15) is 19.5 Å². The number of carboxylic acids is 1. The molecule has 9 heteroatoms. The maximum absolute atomic E-state index is 12.9. The molecule has 0 saturated heterocycles. The van der Waals surface area contributed by atoms with E-state index >= 15 is 0 Å². The SMILES string of the molecule is CC/C=C\C/C=C\C/C=C\C/C=C\CCCCCCCCCCCCCCCCC(=O)OC(COC(=O)CCCCCCCC/C=C\C/C=C\C/C=C\CCCCC)COC(OCC[N+](C)(C)C)C(=O)[O-]. The molecule has 0 aliphatic carbocycles. The van der Waals surface area contributed by atoms with Gasteiger partial charge in [0.05, 0.1) is 40.3 Å². The predicted molar refractivity (Wildman–Crippen MR) is 297 cm³/mol. The fourth-order valence-electron chi connectivity index (χ4n) is 7.71. The lowest BCUT2D eigenvalue weighted by Crippen LogP contribution is -2.44. The summed E-state index contributed by atoms with van der Waals surface area (Å²) in [6, 6.07) is 0. The number of likely N-dealkylation sites (N-methyl/N-ethyl adjacent to an activating group) is 1. The Morgan fingerprint density at radius 2 is 0.803 bits per heavy atom. The number of ether oxygens (including phenoxy) is 4. The number of quaternary nitrogens is 1. The summed E-state index contributed by atoms with van der Waals surface area (Å²) in [6.07, 6.45) is 66.2. The van der Waals surface area contributed by atoms with Gasteiger partial charge in [-0.1, -0.05) is 214 Å². The summed E-state index contributed by atoms with van der Waals surface area (Å²) in [5, 5.41) is 11.8. The molecule has 2 unspecified atom stereocenters. The van der Waals surface area contributed by atoms with Crippen LogP contribution < -0.4 is 5.11 Å².